The quantitative estimate of drug-likeness (QED) is 0.619. The predicted molar refractivity (Wildman–Crippen MR) is 126 cm³/mol. The second kappa shape index (κ2) is 9.55. The van der Waals surface area contributed by atoms with Crippen molar-refractivity contribution in [1.82, 2.24) is 24.6 Å². The second-order valence-corrected chi connectivity index (χ2v) is 10.8. The molecule has 2 aromatic heterocycles. The van der Waals surface area contributed by atoms with Crippen LogP contribution in [0.25, 0.3) is 0 Å². The van der Waals surface area contributed by atoms with Gasteiger partial charge < -0.3 is 9.88 Å². The van der Waals surface area contributed by atoms with Crippen molar-refractivity contribution in [2.75, 3.05) is 13.1 Å². The number of hydrogen-bond donors (Lipinski definition) is 1. The average Bonchev–Trinajstić information content (AvgIpc) is 3.35. The molecule has 6 nitrogen and oxygen atoms in total. The lowest BCUT2D eigenvalue weighted by atomic mass is 9.95. The highest BCUT2D eigenvalue weighted by molar-refractivity contribution is 7.71. The first-order valence-electron chi connectivity index (χ1n) is 11.9. The van der Waals surface area contributed by atoms with Crippen molar-refractivity contribution >= 4 is 29.5 Å². The summed E-state index contributed by atoms with van der Waals surface area (Å²) in [5, 5.41) is 10.3. The fourth-order valence-electron chi connectivity index (χ4n) is 5.03. The number of rotatable bonds is 7. The van der Waals surface area contributed by atoms with Crippen LogP contribution in [0.3, 0.4) is 0 Å². The number of nitrogens with one attached hydrogen (secondary N) is 1. The average molecular weight is 460 g/mol. The molecule has 0 radical (unpaired) electrons. The van der Waals surface area contributed by atoms with Crippen LogP contribution < -0.4 is 5.32 Å². The highest BCUT2D eigenvalue weighted by Gasteiger charge is 2.30. The fourth-order valence-corrected chi connectivity index (χ4v) is 6.08. The Morgan fingerprint density at radius 3 is 2.58 bits per heavy atom. The van der Waals surface area contributed by atoms with Gasteiger partial charge in [-0.15, -0.1) is 11.3 Å². The van der Waals surface area contributed by atoms with Crippen LogP contribution in [-0.2, 0) is 17.9 Å². The number of nitrogens with zero attached hydrogens (tertiary/aromatic N) is 4. The van der Waals surface area contributed by atoms with Gasteiger partial charge in [0, 0.05) is 42.4 Å². The predicted octanol–water partition coefficient (Wildman–Crippen LogP) is 4.52. The molecule has 1 amide bonds. The molecule has 0 unspecified atom stereocenters. The normalized spacial score (nSPS) is 21.4. The molecule has 168 valence electrons. The first kappa shape index (κ1) is 21.3. The van der Waals surface area contributed by atoms with Crippen molar-refractivity contribution < 1.29 is 4.79 Å². The van der Waals surface area contributed by atoms with Crippen LogP contribution in [0.1, 0.15) is 74.5 Å². The Morgan fingerprint density at radius 1 is 1.13 bits per heavy atom. The van der Waals surface area contributed by atoms with Crippen molar-refractivity contribution in [3.63, 3.8) is 0 Å². The van der Waals surface area contributed by atoms with E-state index >= 15 is 0 Å². The van der Waals surface area contributed by atoms with E-state index < -0.39 is 0 Å². The Balaban J connectivity index is 1.28. The van der Waals surface area contributed by atoms with E-state index in [2.05, 4.69) is 32.3 Å². The summed E-state index contributed by atoms with van der Waals surface area (Å²) in [5.41, 5.74) is 0. The number of likely N-dealkylation sites (tertiary alicyclic amines) is 1. The van der Waals surface area contributed by atoms with Gasteiger partial charge in [0.1, 0.15) is 5.82 Å². The molecular weight excluding hydrogens is 426 g/mol. The standard InChI is InChI=1S/C23H33N5OS2/c29-22(24-18-8-9-18)17-10-12-26(13-11-17)16-27-23(30)28(19-5-2-1-3-6-19)21(25-27)15-20-7-4-14-31-20/h4,7,14,17-19H,1-3,5-6,8-13,15-16H2,(H,24,29). The molecule has 1 saturated heterocycles. The first-order valence-corrected chi connectivity index (χ1v) is 13.2. The molecule has 8 heteroatoms. The maximum absolute atomic E-state index is 12.4. The molecule has 1 aliphatic heterocycles. The number of hydrogen-bond acceptors (Lipinski definition) is 5. The van der Waals surface area contributed by atoms with Gasteiger partial charge in [-0.1, -0.05) is 25.3 Å². The van der Waals surface area contributed by atoms with Gasteiger partial charge in [-0.25, -0.2) is 4.68 Å². The Bertz CT molecular complexity index is 932. The van der Waals surface area contributed by atoms with Crippen LogP contribution in [-0.4, -0.2) is 44.3 Å². The molecular formula is C23H33N5OS2. The number of piperidine rings is 1. The third kappa shape index (κ3) is 5.12. The van der Waals surface area contributed by atoms with Crippen molar-refractivity contribution in [2.24, 2.45) is 5.92 Å². The maximum atomic E-state index is 12.4. The van der Waals surface area contributed by atoms with E-state index in [4.69, 9.17) is 17.3 Å². The maximum Gasteiger partial charge on any atom is 0.223 e. The molecule has 31 heavy (non-hydrogen) atoms. The van der Waals surface area contributed by atoms with Crippen LogP contribution >= 0.6 is 23.6 Å². The van der Waals surface area contributed by atoms with Gasteiger partial charge in [-0.05, 0) is 62.2 Å². The van der Waals surface area contributed by atoms with Gasteiger partial charge in [0.15, 0.2) is 4.77 Å². The molecule has 5 rings (SSSR count). The van der Waals surface area contributed by atoms with E-state index in [0.29, 0.717) is 12.1 Å². The Labute approximate surface area is 193 Å². The third-order valence-electron chi connectivity index (χ3n) is 7.01. The van der Waals surface area contributed by atoms with Gasteiger partial charge in [0.2, 0.25) is 5.91 Å². The highest BCUT2D eigenvalue weighted by atomic mass is 32.1. The zero-order chi connectivity index (χ0) is 21.2. The van der Waals surface area contributed by atoms with Crippen LogP contribution in [0.15, 0.2) is 17.5 Å². The van der Waals surface area contributed by atoms with E-state index in [1.54, 1.807) is 11.3 Å². The van der Waals surface area contributed by atoms with Gasteiger partial charge in [-0.2, -0.15) is 5.10 Å². The summed E-state index contributed by atoms with van der Waals surface area (Å²) in [6.07, 6.45) is 11.3. The van der Waals surface area contributed by atoms with Crippen molar-refractivity contribution in [1.29, 1.82) is 0 Å². The smallest absolute Gasteiger partial charge is 0.223 e. The molecule has 2 aliphatic carbocycles. The lowest BCUT2D eigenvalue weighted by Gasteiger charge is -2.31. The first-order chi connectivity index (χ1) is 15.2. The largest absolute Gasteiger partial charge is 0.353 e. The van der Waals surface area contributed by atoms with Gasteiger partial charge in [-0.3, -0.25) is 9.69 Å². The van der Waals surface area contributed by atoms with Gasteiger partial charge >= 0.3 is 0 Å². The third-order valence-corrected chi connectivity index (χ3v) is 8.29. The molecule has 1 N–H and O–H groups in total. The minimum atomic E-state index is 0.166. The minimum Gasteiger partial charge on any atom is -0.353 e. The lowest BCUT2D eigenvalue weighted by molar-refractivity contribution is -0.126. The van der Waals surface area contributed by atoms with Crippen LogP contribution in [0, 0.1) is 10.7 Å². The zero-order valence-electron chi connectivity index (χ0n) is 18.2. The Morgan fingerprint density at radius 2 is 1.90 bits per heavy atom. The molecule has 0 spiro atoms. The summed E-state index contributed by atoms with van der Waals surface area (Å²) in [5.74, 6) is 1.54. The van der Waals surface area contributed by atoms with Crippen LogP contribution in [0.2, 0.25) is 0 Å². The second-order valence-electron chi connectivity index (χ2n) is 9.43. The van der Waals surface area contributed by atoms with Crippen LogP contribution in [0.5, 0.6) is 0 Å². The fraction of sp³-hybridized carbons (Fsp3) is 0.696. The summed E-state index contributed by atoms with van der Waals surface area (Å²) in [6, 6.07) is 5.24. The van der Waals surface area contributed by atoms with E-state index in [9.17, 15) is 4.79 Å². The van der Waals surface area contributed by atoms with Crippen molar-refractivity contribution in [3.8, 4) is 0 Å². The number of amides is 1. The minimum absolute atomic E-state index is 0.166. The molecule has 2 aromatic rings. The van der Waals surface area contributed by atoms with Crippen LogP contribution in [0.4, 0.5) is 0 Å². The molecule has 2 saturated carbocycles. The molecule has 0 atom stereocenters. The summed E-state index contributed by atoms with van der Waals surface area (Å²) in [4.78, 5) is 16.1. The summed E-state index contributed by atoms with van der Waals surface area (Å²) >= 11 is 7.74. The number of carbonyl (C=O) groups excluding carboxylic acids is 1. The monoisotopic (exact) mass is 459 g/mol. The lowest BCUT2D eigenvalue weighted by Crippen LogP contribution is -2.41. The topological polar surface area (TPSA) is 55.1 Å². The van der Waals surface area contributed by atoms with E-state index in [0.717, 1.165) is 62.5 Å². The summed E-state index contributed by atoms with van der Waals surface area (Å²) in [6.45, 7) is 2.59. The van der Waals surface area contributed by atoms with E-state index in [-0.39, 0.29) is 11.8 Å². The zero-order valence-corrected chi connectivity index (χ0v) is 19.8. The molecule has 3 heterocycles. The Hall–Kier alpha value is -1.51. The molecule has 3 fully saturated rings. The Kier molecular flexibility index (Phi) is 6.57. The number of aromatic nitrogens is 3. The summed E-state index contributed by atoms with van der Waals surface area (Å²) in [7, 11) is 0. The SMILES string of the molecule is O=C(NC1CC1)C1CCN(Cn2nc(Cc3cccs3)n(C3CCCCC3)c2=S)CC1. The summed E-state index contributed by atoms with van der Waals surface area (Å²) < 4.78 is 5.27. The molecule has 0 aromatic carbocycles. The van der Waals surface area contributed by atoms with E-state index in [1.807, 2.05) is 4.68 Å². The van der Waals surface area contributed by atoms with Crippen molar-refractivity contribution in [2.45, 2.75) is 83.0 Å². The molecule has 3 aliphatic rings. The number of thiophene rings is 1. The van der Waals surface area contributed by atoms with Gasteiger partial charge in [0.25, 0.3) is 0 Å². The number of carbonyl (C=O) groups is 1. The van der Waals surface area contributed by atoms with E-state index in [1.165, 1.54) is 37.0 Å². The highest BCUT2D eigenvalue weighted by Crippen LogP contribution is 2.31. The van der Waals surface area contributed by atoms with Gasteiger partial charge in [0.05, 0.1) is 6.67 Å². The molecule has 0 bridgehead atoms. The van der Waals surface area contributed by atoms with Crippen molar-refractivity contribution in [3.05, 3.63) is 33.0 Å².